The van der Waals surface area contributed by atoms with Gasteiger partial charge in [-0.3, -0.25) is 0 Å². The second-order valence-electron chi connectivity index (χ2n) is 10.8. The molecule has 2 aromatic carbocycles. The molecule has 3 heteroatoms. The molecule has 0 amide bonds. The third-order valence-corrected chi connectivity index (χ3v) is 8.52. The molecular formula is C30H44N2O. The average Bonchev–Trinajstić information content (AvgIpc) is 3.15. The van der Waals surface area contributed by atoms with Gasteiger partial charge in [-0.25, -0.2) is 0 Å². The van der Waals surface area contributed by atoms with Gasteiger partial charge in [0.15, 0.2) is 0 Å². The molecule has 2 saturated heterocycles. The van der Waals surface area contributed by atoms with E-state index >= 15 is 0 Å². The Kier molecular flexibility index (Phi) is 7.81. The van der Waals surface area contributed by atoms with E-state index in [2.05, 4.69) is 86.3 Å². The van der Waals surface area contributed by atoms with Gasteiger partial charge in [-0.15, -0.1) is 0 Å². The van der Waals surface area contributed by atoms with Crippen molar-refractivity contribution in [2.24, 2.45) is 0 Å². The second-order valence-corrected chi connectivity index (χ2v) is 10.8. The van der Waals surface area contributed by atoms with Gasteiger partial charge >= 0.3 is 0 Å². The van der Waals surface area contributed by atoms with E-state index in [1.165, 1.54) is 75.6 Å². The summed E-state index contributed by atoms with van der Waals surface area (Å²) in [6, 6.07) is 17.9. The van der Waals surface area contributed by atoms with Crippen LogP contribution in [-0.2, 0) is 10.8 Å². The summed E-state index contributed by atoms with van der Waals surface area (Å²) in [4.78, 5) is 5.03. The van der Waals surface area contributed by atoms with Crippen molar-refractivity contribution in [1.82, 2.24) is 9.80 Å². The molecule has 2 aliphatic rings. The summed E-state index contributed by atoms with van der Waals surface area (Å²) in [6.45, 7) is 9.39. The van der Waals surface area contributed by atoms with E-state index in [1.807, 2.05) is 0 Å². The monoisotopic (exact) mass is 448 g/mol. The third kappa shape index (κ3) is 5.46. The Morgan fingerprint density at radius 3 is 1.58 bits per heavy atom. The lowest BCUT2D eigenvalue weighted by atomic mass is 9.74. The van der Waals surface area contributed by atoms with Crippen LogP contribution < -0.4 is 4.74 Å². The van der Waals surface area contributed by atoms with Gasteiger partial charge in [0.05, 0.1) is 0 Å². The fraction of sp³-hybridized carbons (Fsp3) is 0.600. The molecule has 2 fully saturated rings. The number of hydrogen-bond donors (Lipinski definition) is 0. The van der Waals surface area contributed by atoms with E-state index in [4.69, 9.17) is 4.74 Å². The van der Waals surface area contributed by atoms with E-state index in [9.17, 15) is 0 Å². The van der Waals surface area contributed by atoms with Crippen LogP contribution in [0.3, 0.4) is 0 Å². The lowest BCUT2D eigenvalue weighted by Crippen LogP contribution is -2.37. The minimum atomic E-state index is 0.226. The van der Waals surface area contributed by atoms with Gasteiger partial charge < -0.3 is 14.5 Å². The lowest BCUT2D eigenvalue weighted by molar-refractivity contribution is 0.255. The van der Waals surface area contributed by atoms with Crippen molar-refractivity contribution in [1.29, 1.82) is 0 Å². The fourth-order valence-corrected chi connectivity index (χ4v) is 6.41. The van der Waals surface area contributed by atoms with Crippen molar-refractivity contribution in [3.05, 3.63) is 59.7 Å². The van der Waals surface area contributed by atoms with Crippen LogP contribution in [0.5, 0.6) is 11.5 Å². The third-order valence-electron chi connectivity index (χ3n) is 8.52. The summed E-state index contributed by atoms with van der Waals surface area (Å²) in [7, 11) is 4.55. The van der Waals surface area contributed by atoms with Crippen LogP contribution in [0.2, 0.25) is 0 Å². The maximum atomic E-state index is 6.51. The summed E-state index contributed by atoms with van der Waals surface area (Å²) in [5.74, 6) is 1.93. The van der Waals surface area contributed by atoms with Crippen molar-refractivity contribution in [3.8, 4) is 11.5 Å². The van der Waals surface area contributed by atoms with Crippen molar-refractivity contribution >= 4 is 0 Å². The van der Waals surface area contributed by atoms with Crippen LogP contribution in [0.15, 0.2) is 48.5 Å². The number of rotatable bonds is 6. The highest BCUT2D eigenvalue weighted by atomic mass is 16.5. The summed E-state index contributed by atoms with van der Waals surface area (Å²) in [6.07, 6.45) is 10.1. The quantitative estimate of drug-likeness (QED) is 0.473. The molecule has 0 spiro atoms. The molecule has 3 nitrogen and oxygen atoms in total. The van der Waals surface area contributed by atoms with Crippen molar-refractivity contribution in [2.75, 3.05) is 40.3 Å². The van der Waals surface area contributed by atoms with E-state index in [1.54, 1.807) is 0 Å². The van der Waals surface area contributed by atoms with Gasteiger partial charge in [-0.2, -0.15) is 0 Å². The first-order valence-corrected chi connectivity index (χ1v) is 13.2. The van der Waals surface area contributed by atoms with Gasteiger partial charge in [0.1, 0.15) is 11.5 Å². The Balaban J connectivity index is 1.59. The largest absolute Gasteiger partial charge is 0.457 e. The predicted molar refractivity (Wildman–Crippen MR) is 140 cm³/mol. The molecule has 0 radical (unpaired) electrons. The summed E-state index contributed by atoms with van der Waals surface area (Å²) < 4.78 is 6.51. The maximum Gasteiger partial charge on any atom is 0.127 e. The number of benzene rings is 2. The lowest BCUT2D eigenvalue weighted by Gasteiger charge is -2.35. The van der Waals surface area contributed by atoms with Crippen molar-refractivity contribution in [3.63, 3.8) is 0 Å². The van der Waals surface area contributed by atoms with E-state index in [0.717, 1.165) is 24.6 Å². The van der Waals surface area contributed by atoms with Crippen LogP contribution in [0.1, 0.15) is 76.3 Å². The molecule has 0 saturated carbocycles. The molecule has 0 aliphatic carbocycles. The van der Waals surface area contributed by atoms with Gasteiger partial charge in [0.25, 0.3) is 0 Å². The molecule has 2 aromatic rings. The second kappa shape index (κ2) is 10.6. The minimum Gasteiger partial charge on any atom is -0.457 e. The molecule has 2 atom stereocenters. The number of nitrogens with zero attached hydrogens (tertiary/aromatic N) is 2. The zero-order valence-electron chi connectivity index (χ0n) is 21.4. The number of likely N-dealkylation sites (tertiary alicyclic amines) is 2. The van der Waals surface area contributed by atoms with Crippen molar-refractivity contribution in [2.45, 2.75) is 76.0 Å². The molecule has 0 bridgehead atoms. The van der Waals surface area contributed by atoms with E-state index < -0.39 is 0 Å². The van der Waals surface area contributed by atoms with Crippen molar-refractivity contribution < 1.29 is 4.74 Å². The topological polar surface area (TPSA) is 15.7 Å². The van der Waals surface area contributed by atoms with Crippen LogP contribution in [0.25, 0.3) is 0 Å². The van der Waals surface area contributed by atoms with E-state index in [-0.39, 0.29) is 10.8 Å². The molecule has 180 valence electrons. The molecule has 2 unspecified atom stereocenters. The number of likely N-dealkylation sites (N-methyl/N-ethyl adjacent to an activating group) is 2. The first kappa shape index (κ1) is 24.3. The van der Waals surface area contributed by atoms with Gasteiger partial charge in [0.2, 0.25) is 0 Å². The minimum absolute atomic E-state index is 0.226. The average molecular weight is 449 g/mol. The Morgan fingerprint density at radius 2 is 1.15 bits per heavy atom. The van der Waals surface area contributed by atoms with E-state index in [0.29, 0.717) is 0 Å². The Labute approximate surface area is 202 Å². The molecular weight excluding hydrogens is 404 g/mol. The maximum absolute atomic E-state index is 6.51. The molecule has 0 aromatic heterocycles. The van der Waals surface area contributed by atoms with Gasteiger partial charge in [-0.05, 0) is 101 Å². The normalized spacial score (nSPS) is 27.6. The molecule has 2 aliphatic heterocycles. The smallest absolute Gasteiger partial charge is 0.127 e. The summed E-state index contributed by atoms with van der Waals surface area (Å²) in [5.41, 5.74) is 3.32. The Morgan fingerprint density at radius 1 is 0.697 bits per heavy atom. The molecule has 2 heterocycles. The zero-order valence-corrected chi connectivity index (χ0v) is 21.4. The van der Waals surface area contributed by atoms with Crippen LogP contribution in [0, 0.1) is 0 Å². The van der Waals surface area contributed by atoms with Crippen LogP contribution in [-0.4, -0.2) is 50.1 Å². The van der Waals surface area contributed by atoms with Gasteiger partial charge in [0, 0.05) is 23.9 Å². The Hall–Kier alpha value is -1.84. The standard InChI is InChI=1S/C30H44N2O/c1-5-29(17-7-9-19-31(3)23-29)25-13-11-15-27(21-25)33-28-16-12-14-26(22-28)30(6-2)18-8-10-20-32(4)24-30/h11-16,21-22H,5-10,17-20,23-24H2,1-4H3. The predicted octanol–water partition coefficient (Wildman–Crippen LogP) is 7.01. The zero-order chi connectivity index (χ0) is 23.3. The number of hydrogen-bond acceptors (Lipinski definition) is 3. The SMILES string of the molecule is CCC1(c2cccc(Oc3cccc(C4(CC)CCCCN(C)C4)c3)c2)CCCCN(C)C1. The highest BCUT2D eigenvalue weighted by molar-refractivity contribution is 5.40. The molecule has 0 N–H and O–H groups in total. The van der Waals surface area contributed by atoms with Crippen LogP contribution in [0.4, 0.5) is 0 Å². The summed E-state index contributed by atoms with van der Waals surface area (Å²) in [5, 5.41) is 0. The van der Waals surface area contributed by atoms with Crippen LogP contribution >= 0.6 is 0 Å². The summed E-state index contributed by atoms with van der Waals surface area (Å²) >= 11 is 0. The highest BCUT2D eigenvalue weighted by Gasteiger charge is 2.34. The highest BCUT2D eigenvalue weighted by Crippen LogP contribution is 2.40. The van der Waals surface area contributed by atoms with Gasteiger partial charge in [-0.1, -0.05) is 51.0 Å². The first-order chi connectivity index (χ1) is 16.0. The first-order valence-electron chi connectivity index (χ1n) is 13.2. The number of ether oxygens (including phenoxy) is 1. The molecule has 4 rings (SSSR count). The Bertz CT molecular complexity index is 838. The fourth-order valence-electron chi connectivity index (χ4n) is 6.41. The molecule has 33 heavy (non-hydrogen) atoms.